The fourth-order valence-corrected chi connectivity index (χ4v) is 4.31. The molecule has 2 aromatic carbocycles. The van der Waals surface area contributed by atoms with E-state index in [9.17, 15) is 5.26 Å². The van der Waals surface area contributed by atoms with Crippen LogP contribution in [0.15, 0.2) is 54.6 Å². The maximum absolute atomic E-state index is 9.18. The predicted molar refractivity (Wildman–Crippen MR) is 96.7 cm³/mol. The Morgan fingerprint density at radius 1 is 1.04 bits per heavy atom. The van der Waals surface area contributed by atoms with E-state index in [1.807, 2.05) is 18.2 Å². The second-order valence-electron chi connectivity index (χ2n) is 7.00. The summed E-state index contributed by atoms with van der Waals surface area (Å²) in [5.74, 6) is 0.744. The van der Waals surface area contributed by atoms with E-state index in [2.05, 4.69) is 52.3 Å². The molecule has 0 radical (unpaired) electrons. The largest absolute Gasteiger partial charge is 0.367 e. The van der Waals surface area contributed by atoms with Gasteiger partial charge < -0.3 is 4.90 Å². The molecule has 122 valence electrons. The van der Waals surface area contributed by atoms with E-state index in [0.29, 0.717) is 6.04 Å². The highest BCUT2D eigenvalue weighted by molar-refractivity contribution is 5.53. The number of hydrogen-bond acceptors (Lipinski definition) is 3. The molecule has 0 N–H and O–H groups in total. The van der Waals surface area contributed by atoms with Gasteiger partial charge in [-0.3, -0.25) is 4.90 Å². The molecule has 2 fully saturated rings. The number of anilines is 1. The zero-order chi connectivity index (χ0) is 16.4. The molecule has 2 unspecified atom stereocenters. The van der Waals surface area contributed by atoms with Crippen molar-refractivity contribution in [2.45, 2.75) is 25.4 Å². The van der Waals surface area contributed by atoms with Crippen molar-refractivity contribution in [2.75, 3.05) is 24.5 Å². The Kier molecular flexibility index (Phi) is 4.23. The lowest BCUT2D eigenvalue weighted by atomic mass is 9.91. The van der Waals surface area contributed by atoms with Gasteiger partial charge in [0, 0.05) is 37.9 Å². The summed E-state index contributed by atoms with van der Waals surface area (Å²) in [4.78, 5) is 5.14. The van der Waals surface area contributed by atoms with Crippen molar-refractivity contribution in [3.63, 3.8) is 0 Å². The van der Waals surface area contributed by atoms with Gasteiger partial charge in [0.2, 0.25) is 0 Å². The Morgan fingerprint density at radius 3 is 2.75 bits per heavy atom. The highest BCUT2D eigenvalue weighted by Crippen LogP contribution is 2.34. The van der Waals surface area contributed by atoms with Crippen LogP contribution in [0, 0.1) is 17.2 Å². The lowest BCUT2D eigenvalue weighted by Crippen LogP contribution is -2.45. The van der Waals surface area contributed by atoms with Crippen LogP contribution >= 0.6 is 0 Å². The molecule has 0 aliphatic carbocycles. The first-order valence-corrected chi connectivity index (χ1v) is 8.86. The van der Waals surface area contributed by atoms with Crippen molar-refractivity contribution in [1.82, 2.24) is 4.90 Å². The smallest absolute Gasteiger partial charge is 0.0992 e. The fourth-order valence-electron chi connectivity index (χ4n) is 4.31. The Balaban J connectivity index is 1.51. The monoisotopic (exact) mass is 317 g/mol. The molecule has 0 aromatic heterocycles. The van der Waals surface area contributed by atoms with Gasteiger partial charge >= 0.3 is 0 Å². The van der Waals surface area contributed by atoms with Gasteiger partial charge in [0.1, 0.15) is 0 Å². The number of fused-ring (bicyclic) bond motifs is 1. The SMILES string of the molecule is N#Cc1cccc(N2CCCC3CN(Cc4ccccc4)CC32)c1. The fraction of sp³-hybridized carbons (Fsp3) is 0.381. The Bertz CT molecular complexity index is 734. The molecule has 2 aromatic rings. The maximum Gasteiger partial charge on any atom is 0.0992 e. The second-order valence-corrected chi connectivity index (χ2v) is 7.00. The van der Waals surface area contributed by atoms with Crippen LogP contribution in [0.2, 0.25) is 0 Å². The van der Waals surface area contributed by atoms with Crippen LogP contribution in [0.1, 0.15) is 24.0 Å². The topological polar surface area (TPSA) is 30.3 Å². The Hall–Kier alpha value is -2.31. The molecule has 2 atom stereocenters. The standard InChI is InChI=1S/C21H23N3/c22-13-18-8-4-10-20(12-18)24-11-5-9-19-15-23(16-21(19)24)14-17-6-2-1-3-7-17/h1-4,6-8,10,12,19,21H,5,9,11,14-16H2. The third-order valence-electron chi connectivity index (χ3n) is 5.41. The summed E-state index contributed by atoms with van der Waals surface area (Å²) in [6.45, 7) is 4.46. The first-order chi connectivity index (χ1) is 11.8. The molecule has 2 heterocycles. The molecule has 0 spiro atoms. The van der Waals surface area contributed by atoms with Crippen molar-refractivity contribution >= 4 is 5.69 Å². The Labute approximate surface area is 144 Å². The number of rotatable bonds is 3. The molecule has 0 saturated carbocycles. The quantitative estimate of drug-likeness (QED) is 0.865. The third kappa shape index (κ3) is 3.02. The van der Waals surface area contributed by atoms with Gasteiger partial charge in [-0.1, -0.05) is 36.4 Å². The van der Waals surface area contributed by atoms with Crippen LogP contribution < -0.4 is 4.90 Å². The molecule has 2 aliphatic heterocycles. The lowest BCUT2D eigenvalue weighted by Gasteiger charge is -2.39. The third-order valence-corrected chi connectivity index (χ3v) is 5.41. The zero-order valence-electron chi connectivity index (χ0n) is 13.9. The van der Waals surface area contributed by atoms with Crippen LogP contribution in [-0.4, -0.2) is 30.6 Å². The first kappa shape index (κ1) is 15.2. The van der Waals surface area contributed by atoms with Gasteiger partial charge in [0.15, 0.2) is 0 Å². The van der Waals surface area contributed by atoms with Crippen molar-refractivity contribution in [1.29, 1.82) is 5.26 Å². The van der Waals surface area contributed by atoms with E-state index in [1.165, 1.54) is 30.6 Å². The summed E-state index contributed by atoms with van der Waals surface area (Å²) in [5, 5.41) is 9.18. The average molecular weight is 317 g/mol. The normalized spacial score (nSPS) is 23.7. The van der Waals surface area contributed by atoms with Crippen molar-refractivity contribution in [2.24, 2.45) is 5.92 Å². The van der Waals surface area contributed by atoms with Gasteiger partial charge in [0.25, 0.3) is 0 Å². The lowest BCUT2D eigenvalue weighted by molar-refractivity contribution is 0.313. The van der Waals surface area contributed by atoms with E-state index >= 15 is 0 Å². The summed E-state index contributed by atoms with van der Waals surface area (Å²) < 4.78 is 0. The van der Waals surface area contributed by atoms with Gasteiger partial charge in [-0.25, -0.2) is 0 Å². The number of hydrogen-bond donors (Lipinski definition) is 0. The molecule has 4 rings (SSSR count). The number of nitrogens with zero attached hydrogens (tertiary/aromatic N) is 3. The van der Waals surface area contributed by atoms with Crippen molar-refractivity contribution < 1.29 is 0 Å². The predicted octanol–water partition coefficient (Wildman–Crippen LogP) is 3.66. The van der Waals surface area contributed by atoms with Crippen LogP contribution in [-0.2, 0) is 6.54 Å². The van der Waals surface area contributed by atoms with E-state index in [4.69, 9.17) is 0 Å². The van der Waals surface area contributed by atoms with E-state index < -0.39 is 0 Å². The minimum atomic E-state index is 0.580. The number of benzene rings is 2. The number of piperidine rings is 1. The molecule has 24 heavy (non-hydrogen) atoms. The van der Waals surface area contributed by atoms with E-state index in [-0.39, 0.29) is 0 Å². The first-order valence-electron chi connectivity index (χ1n) is 8.86. The zero-order valence-corrected chi connectivity index (χ0v) is 13.9. The van der Waals surface area contributed by atoms with Gasteiger partial charge in [-0.05, 0) is 42.5 Å². The highest BCUT2D eigenvalue weighted by Gasteiger charge is 2.38. The molecule has 2 saturated heterocycles. The number of nitriles is 1. The van der Waals surface area contributed by atoms with Crippen LogP contribution in [0.3, 0.4) is 0 Å². The van der Waals surface area contributed by atoms with E-state index in [1.54, 1.807) is 0 Å². The minimum absolute atomic E-state index is 0.580. The van der Waals surface area contributed by atoms with Gasteiger partial charge in [0.05, 0.1) is 11.6 Å². The van der Waals surface area contributed by atoms with Crippen molar-refractivity contribution in [3.8, 4) is 6.07 Å². The Morgan fingerprint density at radius 2 is 1.92 bits per heavy atom. The van der Waals surface area contributed by atoms with Crippen LogP contribution in [0.25, 0.3) is 0 Å². The molecule has 3 heteroatoms. The van der Waals surface area contributed by atoms with Crippen LogP contribution in [0.4, 0.5) is 5.69 Å². The van der Waals surface area contributed by atoms with E-state index in [0.717, 1.165) is 31.1 Å². The summed E-state index contributed by atoms with van der Waals surface area (Å²) in [7, 11) is 0. The molecular weight excluding hydrogens is 294 g/mol. The molecular formula is C21H23N3. The maximum atomic E-state index is 9.18. The van der Waals surface area contributed by atoms with Crippen molar-refractivity contribution in [3.05, 3.63) is 65.7 Å². The van der Waals surface area contributed by atoms with Gasteiger partial charge in [-0.15, -0.1) is 0 Å². The molecule has 0 amide bonds. The highest BCUT2D eigenvalue weighted by atomic mass is 15.3. The molecule has 0 bridgehead atoms. The summed E-state index contributed by atoms with van der Waals surface area (Å²) in [6.07, 6.45) is 2.57. The summed E-state index contributed by atoms with van der Waals surface area (Å²) in [5.41, 5.74) is 3.37. The number of likely N-dealkylation sites (tertiary alicyclic amines) is 1. The van der Waals surface area contributed by atoms with Gasteiger partial charge in [-0.2, -0.15) is 5.26 Å². The molecule has 3 nitrogen and oxygen atoms in total. The second kappa shape index (κ2) is 6.67. The minimum Gasteiger partial charge on any atom is -0.367 e. The van der Waals surface area contributed by atoms with Crippen LogP contribution in [0.5, 0.6) is 0 Å². The summed E-state index contributed by atoms with van der Waals surface area (Å²) in [6, 6.07) is 21.7. The summed E-state index contributed by atoms with van der Waals surface area (Å²) >= 11 is 0. The molecule has 2 aliphatic rings. The average Bonchev–Trinajstić information content (AvgIpc) is 3.05.